The third-order valence-corrected chi connectivity index (χ3v) is 5.53. The number of nitrogens with one attached hydrogen (secondary N) is 1. The van der Waals surface area contributed by atoms with Crippen molar-refractivity contribution < 1.29 is 9.18 Å². The summed E-state index contributed by atoms with van der Waals surface area (Å²) in [4.78, 5) is 12.7. The summed E-state index contributed by atoms with van der Waals surface area (Å²) in [5.41, 5.74) is 1.75. The van der Waals surface area contributed by atoms with Gasteiger partial charge in [-0.15, -0.1) is 23.1 Å². The minimum absolute atomic E-state index is 0.00653. The van der Waals surface area contributed by atoms with Crippen LogP contribution < -0.4 is 5.32 Å². The molecule has 98 valence electrons. The van der Waals surface area contributed by atoms with Crippen LogP contribution in [0.5, 0.6) is 0 Å². The van der Waals surface area contributed by atoms with Gasteiger partial charge in [0.15, 0.2) is 0 Å². The minimum Gasteiger partial charge on any atom is -0.324 e. The van der Waals surface area contributed by atoms with Gasteiger partial charge >= 0.3 is 0 Å². The molecule has 1 aliphatic rings. The number of benzene rings is 1. The molecule has 6 heteroatoms. The number of carbonyl (C=O) groups excluding carboxylic acids is 1. The standard InChI is InChI=1S/C13H9ClFNOS2/c14-8-5-7(1-2-9(8)15)12-13-10(3-4-18-13)16-11(17)6-19-12/h1-5,12H,6H2,(H,16,17)/t12-/m0/s1. The Morgan fingerprint density at radius 2 is 2.21 bits per heavy atom. The molecule has 2 nitrogen and oxygen atoms in total. The van der Waals surface area contributed by atoms with Gasteiger partial charge in [0.1, 0.15) is 5.82 Å². The summed E-state index contributed by atoms with van der Waals surface area (Å²) < 4.78 is 13.2. The third-order valence-electron chi connectivity index (χ3n) is 2.83. The predicted octanol–water partition coefficient (Wildman–Crippen LogP) is 4.32. The van der Waals surface area contributed by atoms with E-state index >= 15 is 0 Å². The Labute approximate surface area is 123 Å². The Morgan fingerprint density at radius 1 is 1.37 bits per heavy atom. The largest absolute Gasteiger partial charge is 0.324 e. The first-order valence-corrected chi connectivity index (χ1v) is 7.89. The number of anilines is 1. The minimum atomic E-state index is -0.426. The first-order valence-electron chi connectivity index (χ1n) is 5.59. The molecule has 0 unspecified atom stereocenters. The number of thioether (sulfide) groups is 1. The fourth-order valence-electron chi connectivity index (χ4n) is 1.97. The molecule has 0 bridgehead atoms. The molecule has 19 heavy (non-hydrogen) atoms. The summed E-state index contributed by atoms with van der Waals surface area (Å²) in [5.74, 6) is -0.0638. The van der Waals surface area contributed by atoms with E-state index in [-0.39, 0.29) is 16.2 Å². The van der Waals surface area contributed by atoms with Crippen molar-refractivity contribution in [3.8, 4) is 0 Å². The number of thiophene rings is 1. The number of carbonyl (C=O) groups is 1. The highest BCUT2D eigenvalue weighted by Crippen LogP contribution is 2.44. The molecule has 1 amide bonds. The van der Waals surface area contributed by atoms with Crippen LogP contribution in [0.1, 0.15) is 15.7 Å². The summed E-state index contributed by atoms with van der Waals surface area (Å²) in [6, 6.07) is 6.61. The summed E-state index contributed by atoms with van der Waals surface area (Å²) in [5, 5.41) is 4.93. The van der Waals surface area contributed by atoms with Crippen LogP contribution in [-0.2, 0) is 4.79 Å². The van der Waals surface area contributed by atoms with Gasteiger partial charge in [0.2, 0.25) is 5.91 Å². The average molecular weight is 314 g/mol. The predicted molar refractivity (Wildman–Crippen MR) is 78.7 cm³/mol. The molecule has 0 fully saturated rings. The van der Waals surface area contributed by atoms with Crippen molar-refractivity contribution >= 4 is 46.3 Å². The van der Waals surface area contributed by atoms with E-state index in [2.05, 4.69) is 5.32 Å². The van der Waals surface area contributed by atoms with Gasteiger partial charge in [0.05, 0.1) is 21.7 Å². The Balaban J connectivity index is 2.05. The summed E-state index contributed by atoms with van der Waals surface area (Å²) >= 11 is 8.95. The quantitative estimate of drug-likeness (QED) is 0.849. The lowest BCUT2D eigenvalue weighted by Gasteiger charge is -2.14. The van der Waals surface area contributed by atoms with Crippen LogP contribution in [0.15, 0.2) is 29.6 Å². The zero-order chi connectivity index (χ0) is 13.4. The Kier molecular flexibility index (Phi) is 3.52. The maximum atomic E-state index is 13.2. The monoisotopic (exact) mass is 313 g/mol. The normalized spacial score (nSPS) is 18.6. The second-order valence-corrected chi connectivity index (χ2v) is 6.56. The lowest BCUT2D eigenvalue weighted by molar-refractivity contribution is -0.113. The zero-order valence-electron chi connectivity index (χ0n) is 9.65. The fraction of sp³-hybridized carbons (Fsp3) is 0.154. The van der Waals surface area contributed by atoms with E-state index in [1.807, 2.05) is 11.4 Å². The summed E-state index contributed by atoms with van der Waals surface area (Å²) in [6.07, 6.45) is 0. The van der Waals surface area contributed by atoms with Crippen LogP contribution in [0.25, 0.3) is 0 Å². The van der Waals surface area contributed by atoms with Gasteiger partial charge in [0.25, 0.3) is 0 Å². The third kappa shape index (κ3) is 2.50. The number of amides is 1. The van der Waals surface area contributed by atoms with Crippen molar-refractivity contribution in [3.05, 3.63) is 50.9 Å². The lowest BCUT2D eigenvalue weighted by atomic mass is 10.1. The first kappa shape index (κ1) is 13.0. The van der Waals surface area contributed by atoms with Crippen LogP contribution in [0.3, 0.4) is 0 Å². The van der Waals surface area contributed by atoms with Gasteiger partial charge in [-0.3, -0.25) is 4.79 Å². The van der Waals surface area contributed by atoms with Crippen molar-refractivity contribution in [2.75, 3.05) is 11.1 Å². The van der Waals surface area contributed by atoms with Gasteiger partial charge in [-0.2, -0.15) is 0 Å². The maximum absolute atomic E-state index is 13.2. The van der Waals surface area contributed by atoms with Crippen LogP contribution in [0.2, 0.25) is 5.02 Å². The molecule has 0 radical (unpaired) electrons. The first-order chi connectivity index (χ1) is 9.15. The van der Waals surface area contributed by atoms with E-state index in [1.165, 1.54) is 17.8 Å². The molecular weight excluding hydrogens is 305 g/mol. The number of hydrogen-bond donors (Lipinski definition) is 1. The van der Waals surface area contributed by atoms with Gasteiger partial charge in [0, 0.05) is 4.88 Å². The number of halogens is 2. The second-order valence-electron chi connectivity index (χ2n) is 4.11. The smallest absolute Gasteiger partial charge is 0.234 e. The topological polar surface area (TPSA) is 29.1 Å². The van der Waals surface area contributed by atoms with Crippen molar-refractivity contribution in [1.82, 2.24) is 0 Å². The van der Waals surface area contributed by atoms with Crippen LogP contribution in [0.4, 0.5) is 10.1 Å². The number of hydrogen-bond acceptors (Lipinski definition) is 3. The van der Waals surface area contributed by atoms with Crippen LogP contribution in [0, 0.1) is 5.82 Å². The Bertz CT molecular complexity index is 643. The maximum Gasteiger partial charge on any atom is 0.234 e. The van der Waals surface area contributed by atoms with Crippen molar-refractivity contribution in [3.63, 3.8) is 0 Å². The van der Waals surface area contributed by atoms with E-state index in [4.69, 9.17) is 11.6 Å². The van der Waals surface area contributed by atoms with E-state index in [9.17, 15) is 9.18 Å². The van der Waals surface area contributed by atoms with Gasteiger partial charge in [-0.05, 0) is 29.1 Å². The van der Waals surface area contributed by atoms with E-state index < -0.39 is 5.82 Å². The molecule has 0 spiro atoms. The van der Waals surface area contributed by atoms with Gasteiger partial charge in [-0.1, -0.05) is 17.7 Å². The van der Waals surface area contributed by atoms with Crippen LogP contribution >= 0.6 is 34.7 Å². The van der Waals surface area contributed by atoms with Crippen molar-refractivity contribution in [1.29, 1.82) is 0 Å². The molecule has 1 atom stereocenters. The SMILES string of the molecule is O=C1CS[C@@H](c2ccc(F)c(Cl)c2)c2sccc2N1. The molecule has 0 saturated carbocycles. The zero-order valence-corrected chi connectivity index (χ0v) is 12.0. The molecule has 2 aromatic rings. The van der Waals surface area contributed by atoms with E-state index in [0.717, 1.165) is 16.1 Å². The van der Waals surface area contributed by atoms with Gasteiger partial charge in [-0.25, -0.2) is 4.39 Å². The Hall–Kier alpha value is -1.04. The highest BCUT2D eigenvalue weighted by molar-refractivity contribution is 8.00. The molecule has 1 aromatic heterocycles. The molecule has 0 aliphatic carbocycles. The lowest BCUT2D eigenvalue weighted by Crippen LogP contribution is -2.11. The second kappa shape index (κ2) is 5.15. The van der Waals surface area contributed by atoms with E-state index in [1.54, 1.807) is 23.5 Å². The summed E-state index contributed by atoms with van der Waals surface area (Å²) in [6.45, 7) is 0. The van der Waals surface area contributed by atoms with Crippen molar-refractivity contribution in [2.24, 2.45) is 0 Å². The molecule has 1 N–H and O–H groups in total. The summed E-state index contributed by atoms with van der Waals surface area (Å²) in [7, 11) is 0. The molecule has 1 aliphatic heterocycles. The highest BCUT2D eigenvalue weighted by atomic mass is 35.5. The average Bonchev–Trinajstić information content (AvgIpc) is 2.76. The fourth-order valence-corrected chi connectivity index (χ4v) is 4.40. The number of rotatable bonds is 1. The molecule has 1 aromatic carbocycles. The molecule has 2 heterocycles. The molecular formula is C13H9ClFNOS2. The Morgan fingerprint density at radius 3 is 3.00 bits per heavy atom. The van der Waals surface area contributed by atoms with Crippen molar-refractivity contribution in [2.45, 2.75) is 5.25 Å². The van der Waals surface area contributed by atoms with Crippen LogP contribution in [-0.4, -0.2) is 11.7 Å². The number of fused-ring (bicyclic) bond motifs is 1. The molecule has 3 rings (SSSR count). The molecule has 0 saturated heterocycles. The highest BCUT2D eigenvalue weighted by Gasteiger charge is 2.25. The van der Waals surface area contributed by atoms with E-state index in [0.29, 0.717) is 5.75 Å². The van der Waals surface area contributed by atoms with Gasteiger partial charge < -0.3 is 5.32 Å².